The molecule has 1 aromatic rings. The molecular formula is C17H25N3O4S. The molecule has 1 aliphatic rings. The summed E-state index contributed by atoms with van der Waals surface area (Å²) in [6, 6.07) is 9.67. The number of amides is 2. The Bertz CT molecular complexity index is 706. The van der Waals surface area contributed by atoms with Crippen molar-refractivity contribution in [3.8, 4) is 0 Å². The third-order valence-corrected chi connectivity index (χ3v) is 4.96. The second-order valence-corrected chi connectivity index (χ2v) is 8.09. The number of benzene rings is 1. The van der Waals surface area contributed by atoms with Gasteiger partial charge in [-0.15, -0.1) is 0 Å². The van der Waals surface area contributed by atoms with Gasteiger partial charge >= 0.3 is 0 Å². The molecule has 25 heavy (non-hydrogen) atoms. The van der Waals surface area contributed by atoms with Crippen LogP contribution in [0.4, 0.5) is 0 Å². The molecule has 2 rings (SSSR count). The second-order valence-electron chi connectivity index (χ2n) is 6.25. The minimum Gasteiger partial charge on any atom is -0.339 e. The van der Waals surface area contributed by atoms with Crippen LogP contribution in [0.5, 0.6) is 0 Å². The average molecular weight is 367 g/mol. The van der Waals surface area contributed by atoms with E-state index in [0.717, 1.165) is 18.2 Å². The van der Waals surface area contributed by atoms with Gasteiger partial charge in [-0.05, 0) is 12.0 Å². The molecule has 1 fully saturated rings. The summed E-state index contributed by atoms with van der Waals surface area (Å²) < 4.78 is 24.6. The molecule has 0 aliphatic carbocycles. The van der Waals surface area contributed by atoms with E-state index in [4.69, 9.17) is 0 Å². The van der Waals surface area contributed by atoms with Crippen LogP contribution < -0.4 is 4.72 Å². The summed E-state index contributed by atoms with van der Waals surface area (Å²) in [4.78, 5) is 28.3. The molecule has 0 unspecified atom stereocenters. The van der Waals surface area contributed by atoms with E-state index in [2.05, 4.69) is 4.72 Å². The van der Waals surface area contributed by atoms with Gasteiger partial charge in [-0.25, -0.2) is 13.1 Å². The maximum absolute atomic E-state index is 12.5. The molecule has 8 heteroatoms. The Kier molecular flexibility index (Phi) is 6.55. The van der Waals surface area contributed by atoms with Gasteiger partial charge in [0.2, 0.25) is 21.8 Å². The van der Waals surface area contributed by atoms with Gasteiger partial charge in [0.15, 0.2) is 0 Å². The zero-order valence-electron chi connectivity index (χ0n) is 14.6. The molecule has 0 saturated carbocycles. The predicted molar refractivity (Wildman–Crippen MR) is 95.1 cm³/mol. The Morgan fingerprint density at radius 2 is 1.96 bits per heavy atom. The molecule has 1 aliphatic heterocycles. The van der Waals surface area contributed by atoms with Crippen molar-refractivity contribution >= 4 is 21.8 Å². The van der Waals surface area contributed by atoms with Gasteiger partial charge in [-0.1, -0.05) is 37.3 Å². The molecule has 0 radical (unpaired) electrons. The maximum Gasteiger partial charge on any atom is 0.237 e. The summed E-state index contributed by atoms with van der Waals surface area (Å²) in [5.41, 5.74) is 1.05. The lowest BCUT2D eigenvalue weighted by molar-refractivity contribution is -0.133. The Labute approximate surface area is 149 Å². The normalized spacial score (nSPS) is 19.0. The molecule has 0 aromatic heterocycles. The van der Waals surface area contributed by atoms with Crippen molar-refractivity contribution in [2.45, 2.75) is 32.4 Å². The van der Waals surface area contributed by atoms with Gasteiger partial charge in [-0.2, -0.15) is 0 Å². The predicted octanol–water partition coefficient (Wildman–Crippen LogP) is 0.575. The van der Waals surface area contributed by atoms with Crippen molar-refractivity contribution in [2.24, 2.45) is 0 Å². The highest BCUT2D eigenvalue weighted by molar-refractivity contribution is 7.88. The van der Waals surface area contributed by atoms with Crippen molar-refractivity contribution in [3.63, 3.8) is 0 Å². The maximum atomic E-state index is 12.5. The van der Waals surface area contributed by atoms with Crippen molar-refractivity contribution in [2.75, 3.05) is 25.9 Å². The van der Waals surface area contributed by atoms with Crippen LogP contribution in [0.25, 0.3) is 0 Å². The van der Waals surface area contributed by atoms with Gasteiger partial charge in [0.25, 0.3) is 0 Å². The zero-order valence-corrected chi connectivity index (χ0v) is 15.5. The summed E-state index contributed by atoms with van der Waals surface area (Å²) in [7, 11) is -3.42. The van der Waals surface area contributed by atoms with Crippen molar-refractivity contribution in [3.05, 3.63) is 35.9 Å². The summed E-state index contributed by atoms with van der Waals surface area (Å²) in [5.74, 6) is -0.291. The number of nitrogens with one attached hydrogen (secondary N) is 1. The number of carbonyl (C=O) groups excluding carboxylic acids is 2. The van der Waals surface area contributed by atoms with Crippen LogP contribution >= 0.6 is 0 Å². The SMILES string of the molecule is CC[C@@H]1CN(C(=O)CNS(C)(=O)=O)CCC(=O)N1Cc1ccccc1. The highest BCUT2D eigenvalue weighted by atomic mass is 32.2. The Morgan fingerprint density at radius 1 is 1.28 bits per heavy atom. The monoisotopic (exact) mass is 367 g/mol. The third kappa shape index (κ3) is 5.82. The van der Waals surface area contributed by atoms with Gasteiger partial charge < -0.3 is 9.80 Å². The summed E-state index contributed by atoms with van der Waals surface area (Å²) in [6.45, 7) is 2.95. The molecule has 0 spiro atoms. The average Bonchev–Trinajstić information content (AvgIpc) is 2.73. The Hall–Kier alpha value is -1.93. The number of hydrogen-bond acceptors (Lipinski definition) is 4. The fourth-order valence-electron chi connectivity index (χ4n) is 2.90. The fraction of sp³-hybridized carbons (Fsp3) is 0.529. The van der Waals surface area contributed by atoms with Gasteiger partial charge in [0.05, 0.1) is 12.8 Å². The highest BCUT2D eigenvalue weighted by Gasteiger charge is 2.30. The van der Waals surface area contributed by atoms with Crippen molar-refractivity contribution in [1.82, 2.24) is 14.5 Å². The van der Waals surface area contributed by atoms with E-state index < -0.39 is 10.0 Å². The Balaban J connectivity index is 2.08. The zero-order chi connectivity index (χ0) is 18.4. The first-order chi connectivity index (χ1) is 11.8. The van der Waals surface area contributed by atoms with E-state index >= 15 is 0 Å². The van der Waals surface area contributed by atoms with Crippen LogP contribution in [-0.2, 0) is 26.2 Å². The van der Waals surface area contributed by atoms with Crippen LogP contribution in [0.1, 0.15) is 25.3 Å². The summed E-state index contributed by atoms with van der Waals surface area (Å²) >= 11 is 0. The molecule has 1 N–H and O–H groups in total. The topological polar surface area (TPSA) is 86.8 Å². The number of sulfonamides is 1. The quantitative estimate of drug-likeness (QED) is 0.797. The minimum atomic E-state index is -3.42. The van der Waals surface area contributed by atoms with E-state index in [-0.39, 0.29) is 30.8 Å². The van der Waals surface area contributed by atoms with E-state index in [1.807, 2.05) is 42.2 Å². The van der Waals surface area contributed by atoms with Crippen LogP contribution in [0.3, 0.4) is 0 Å². The number of nitrogens with zero attached hydrogens (tertiary/aromatic N) is 2. The van der Waals surface area contributed by atoms with Crippen LogP contribution in [0, 0.1) is 0 Å². The number of carbonyl (C=O) groups is 2. The standard InChI is InChI=1S/C17H25N3O4S/c1-3-15-13-19(17(22)11-18-25(2,23)24)10-9-16(21)20(15)12-14-7-5-4-6-8-14/h4-8,15,18H,3,9-13H2,1-2H3/t15-/m1/s1. The van der Waals surface area contributed by atoms with E-state index in [9.17, 15) is 18.0 Å². The van der Waals surface area contributed by atoms with Crippen LogP contribution in [-0.4, -0.2) is 62.0 Å². The third-order valence-electron chi connectivity index (χ3n) is 4.29. The van der Waals surface area contributed by atoms with Crippen LogP contribution in [0.2, 0.25) is 0 Å². The molecule has 1 aromatic carbocycles. The van der Waals surface area contributed by atoms with Gasteiger partial charge in [0, 0.05) is 32.1 Å². The molecule has 0 bridgehead atoms. The van der Waals surface area contributed by atoms with E-state index in [0.29, 0.717) is 19.6 Å². The van der Waals surface area contributed by atoms with Gasteiger partial charge in [-0.3, -0.25) is 9.59 Å². The first-order valence-corrected chi connectivity index (χ1v) is 10.2. The number of rotatable bonds is 6. The minimum absolute atomic E-state index is 0.0158. The van der Waals surface area contributed by atoms with E-state index in [1.54, 1.807) is 4.90 Å². The summed E-state index contributed by atoms with van der Waals surface area (Å²) in [5, 5.41) is 0. The molecule has 1 saturated heterocycles. The largest absolute Gasteiger partial charge is 0.339 e. The second kappa shape index (κ2) is 8.44. The summed E-state index contributed by atoms with van der Waals surface area (Å²) in [6.07, 6.45) is 1.98. The highest BCUT2D eigenvalue weighted by Crippen LogP contribution is 2.17. The van der Waals surface area contributed by atoms with Gasteiger partial charge in [0.1, 0.15) is 0 Å². The van der Waals surface area contributed by atoms with Crippen LogP contribution in [0.15, 0.2) is 30.3 Å². The fourth-order valence-corrected chi connectivity index (χ4v) is 3.29. The molecular weight excluding hydrogens is 342 g/mol. The number of hydrogen-bond donors (Lipinski definition) is 1. The molecule has 2 amide bonds. The first-order valence-electron chi connectivity index (χ1n) is 8.36. The lowest BCUT2D eigenvalue weighted by Crippen LogP contribution is -2.46. The van der Waals surface area contributed by atoms with Crippen molar-refractivity contribution in [1.29, 1.82) is 0 Å². The lowest BCUT2D eigenvalue weighted by atomic mass is 10.1. The lowest BCUT2D eigenvalue weighted by Gasteiger charge is -2.31. The van der Waals surface area contributed by atoms with E-state index in [1.165, 1.54) is 0 Å². The van der Waals surface area contributed by atoms with Crippen molar-refractivity contribution < 1.29 is 18.0 Å². The molecule has 138 valence electrons. The Morgan fingerprint density at radius 3 is 2.56 bits per heavy atom. The first kappa shape index (κ1) is 19.4. The molecule has 1 atom stereocenters. The molecule has 7 nitrogen and oxygen atoms in total. The molecule has 1 heterocycles. The smallest absolute Gasteiger partial charge is 0.237 e.